The van der Waals surface area contributed by atoms with Crippen LogP contribution in [0.25, 0.3) is 0 Å². The first-order chi connectivity index (χ1) is 4.35. The molecule has 0 saturated heterocycles. The fourth-order valence-corrected chi connectivity index (χ4v) is 0.874. The lowest BCUT2D eigenvalue weighted by atomic mass is 10.6. The van der Waals surface area contributed by atoms with Crippen molar-refractivity contribution >= 4 is 11.8 Å². The Kier molecular flexibility index (Phi) is 5.14. The van der Waals surface area contributed by atoms with Crippen LogP contribution in [0.1, 0.15) is 6.92 Å². The molecule has 3 heteroatoms. The molecule has 0 aromatic heterocycles. The fourth-order valence-electron chi connectivity index (χ4n) is 0.415. The summed E-state index contributed by atoms with van der Waals surface area (Å²) in [5.41, 5.74) is 0. The molecule has 0 aliphatic carbocycles. The van der Waals surface area contributed by atoms with Gasteiger partial charge in [-0.15, -0.1) is 11.8 Å². The van der Waals surface area contributed by atoms with Gasteiger partial charge in [-0.25, -0.2) is 0 Å². The van der Waals surface area contributed by atoms with Crippen molar-refractivity contribution in [3.8, 4) is 6.07 Å². The van der Waals surface area contributed by atoms with Crippen molar-refractivity contribution in [3.05, 3.63) is 11.1 Å². The smallest absolute Gasteiger partial charge is 0.0939 e. The minimum absolute atomic E-state index is 0.869. The second-order valence-electron chi connectivity index (χ2n) is 1.37. The fraction of sp³-hybridized carbons (Fsp3) is 0.500. The third-order valence-electron chi connectivity index (χ3n) is 0.767. The molecule has 0 aliphatic heterocycles. The second kappa shape index (κ2) is 5.52. The topological polar surface area (TPSA) is 35.8 Å². The van der Waals surface area contributed by atoms with E-state index in [0.29, 0.717) is 0 Å². The third kappa shape index (κ3) is 3.92. The monoisotopic (exact) mass is 142 g/mol. The van der Waals surface area contributed by atoms with Crippen LogP contribution in [0.15, 0.2) is 11.1 Å². The van der Waals surface area contributed by atoms with E-state index >= 15 is 0 Å². The van der Waals surface area contributed by atoms with Crippen LogP contribution in [-0.4, -0.2) is 12.8 Å². The molecule has 0 fully saturated rings. The number of rotatable bonds is 3. The molecule has 0 unspecified atom stereocenters. The highest BCUT2D eigenvalue weighted by atomic mass is 32.2. The van der Waals surface area contributed by atoms with Gasteiger partial charge in [0.2, 0.25) is 0 Å². The Morgan fingerprint density at radius 3 is 2.89 bits per heavy atom. The van der Waals surface area contributed by atoms with Gasteiger partial charge in [0.1, 0.15) is 0 Å². The van der Waals surface area contributed by atoms with Crippen LogP contribution in [0.2, 0.25) is 0 Å². The van der Waals surface area contributed by atoms with E-state index < -0.39 is 0 Å². The first-order valence-electron chi connectivity index (χ1n) is 2.72. The molecule has 0 bridgehead atoms. The van der Waals surface area contributed by atoms with E-state index in [9.17, 15) is 0 Å². The summed E-state index contributed by atoms with van der Waals surface area (Å²) in [6, 6.07) is 1.96. The normalized spacial score (nSPS) is 10.6. The predicted molar refractivity (Wildman–Crippen MR) is 40.9 cm³/mol. The van der Waals surface area contributed by atoms with Gasteiger partial charge in [0, 0.05) is 12.6 Å². The van der Waals surface area contributed by atoms with Gasteiger partial charge >= 0.3 is 0 Å². The molecule has 0 radical (unpaired) electrons. The third-order valence-corrected chi connectivity index (χ3v) is 1.47. The van der Waals surface area contributed by atoms with E-state index in [2.05, 4.69) is 5.32 Å². The van der Waals surface area contributed by atoms with E-state index in [4.69, 9.17) is 5.26 Å². The Labute approximate surface area is 59.9 Å². The number of hydrogen-bond acceptors (Lipinski definition) is 3. The van der Waals surface area contributed by atoms with Crippen molar-refractivity contribution in [3.63, 3.8) is 0 Å². The van der Waals surface area contributed by atoms with E-state index in [1.165, 1.54) is 6.08 Å². The Morgan fingerprint density at radius 2 is 2.56 bits per heavy atom. The van der Waals surface area contributed by atoms with Gasteiger partial charge in [-0.05, 0) is 13.2 Å². The van der Waals surface area contributed by atoms with Crippen molar-refractivity contribution in [2.75, 3.05) is 12.8 Å². The van der Waals surface area contributed by atoms with Crippen LogP contribution in [0, 0.1) is 11.3 Å². The molecule has 0 amide bonds. The molecule has 0 saturated carbocycles. The van der Waals surface area contributed by atoms with E-state index in [1.807, 2.05) is 19.2 Å². The maximum Gasteiger partial charge on any atom is 0.0939 e. The number of nitriles is 1. The SMILES string of the molecule is CCN/C(=C/C#N)SC. The summed E-state index contributed by atoms with van der Waals surface area (Å²) in [5, 5.41) is 12.2. The summed E-state index contributed by atoms with van der Waals surface area (Å²) in [6.07, 6.45) is 3.44. The Balaban J connectivity index is 3.70. The number of nitrogens with zero attached hydrogens (tertiary/aromatic N) is 1. The Hall–Kier alpha value is -0.620. The molecule has 0 aliphatic rings. The molecule has 50 valence electrons. The molecule has 2 nitrogen and oxygen atoms in total. The van der Waals surface area contributed by atoms with Crippen molar-refractivity contribution in [2.24, 2.45) is 0 Å². The van der Waals surface area contributed by atoms with Gasteiger partial charge in [0.25, 0.3) is 0 Å². The molecule has 0 atom stereocenters. The van der Waals surface area contributed by atoms with Crippen LogP contribution < -0.4 is 5.32 Å². The van der Waals surface area contributed by atoms with E-state index in [1.54, 1.807) is 11.8 Å². The summed E-state index contributed by atoms with van der Waals surface area (Å²) in [6.45, 7) is 2.87. The standard InChI is InChI=1S/C6H10N2S/c1-3-8-6(9-2)4-5-7/h4,8H,3H2,1-2H3/b6-4-. The minimum Gasteiger partial charge on any atom is -0.380 e. The van der Waals surface area contributed by atoms with Crippen LogP contribution >= 0.6 is 11.8 Å². The molecule has 1 N–H and O–H groups in total. The quantitative estimate of drug-likeness (QED) is 0.604. The molecule has 0 rings (SSSR count). The predicted octanol–water partition coefficient (Wildman–Crippen LogP) is 1.32. The van der Waals surface area contributed by atoms with Gasteiger partial charge in [-0.2, -0.15) is 5.26 Å². The molecule has 0 aromatic rings. The van der Waals surface area contributed by atoms with Gasteiger partial charge in [-0.3, -0.25) is 0 Å². The number of allylic oxidation sites excluding steroid dienone is 1. The van der Waals surface area contributed by atoms with Gasteiger partial charge in [0.05, 0.1) is 11.1 Å². The maximum absolute atomic E-state index is 8.21. The van der Waals surface area contributed by atoms with Crippen molar-refractivity contribution in [1.82, 2.24) is 5.32 Å². The first kappa shape index (κ1) is 8.38. The van der Waals surface area contributed by atoms with Crippen LogP contribution in [-0.2, 0) is 0 Å². The second-order valence-corrected chi connectivity index (χ2v) is 2.22. The van der Waals surface area contributed by atoms with E-state index in [-0.39, 0.29) is 0 Å². The number of nitrogens with one attached hydrogen (secondary N) is 1. The van der Waals surface area contributed by atoms with Crippen molar-refractivity contribution in [2.45, 2.75) is 6.92 Å². The minimum atomic E-state index is 0.869. The lowest BCUT2D eigenvalue weighted by Crippen LogP contribution is -2.08. The highest BCUT2D eigenvalue weighted by Crippen LogP contribution is 2.04. The lowest BCUT2D eigenvalue weighted by Gasteiger charge is -2.00. The van der Waals surface area contributed by atoms with E-state index in [0.717, 1.165) is 11.6 Å². The molecule has 0 spiro atoms. The molecule has 0 aromatic carbocycles. The summed E-state index contributed by atoms with van der Waals surface area (Å²) in [7, 11) is 0. The molecule has 0 heterocycles. The van der Waals surface area contributed by atoms with Gasteiger partial charge in [-0.1, -0.05) is 0 Å². The van der Waals surface area contributed by atoms with Gasteiger partial charge in [0.15, 0.2) is 0 Å². The largest absolute Gasteiger partial charge is 0.380 e. The zero-order valence-corrected chi connectivity index (χ0v) is 6.46. The zero-order valence-electron chi connectivity index (χ0n) is 5.64. The highest BCUT2D eigenvalue weighted by Gasteiger charge is 1.87. The van der Waals surface area contributed by atoms with Crippen molar-refractivity contribution in [1.29, 1.82) is 5.26 Å². The van der Waals surface area contributed by atoms with Crippen LogP contribution in [0.3, 0.4) is 0 Å². The highest BCUT2D eigenvalue weighted by molar-refractivity contribution is 8.02. The summed E-state index contributed by atoms with van der Waals surface area (Å²) < 4.78 is 0. The lowest BCUT2D eigenvalue weighted by molar-refractivity contribution is 0.905. The summed E-state index contributed by atoms with van der Waals surface area (Å²) >= 11 is 1.55. The Morgan fingerprint density at radius 1 is 1.89 bits per heavy atom. The average Bonchev–Trinajstić information content (AvgIpc) is 1.88. The van der Waals surface area contributed by atoms with Crippen LogP contribution in [0.4, 0.5) is 0 Å². The Bertz CT molecular complexity index is 134. The van der Waals surface area contributed by atoms with Gasteiger partial charge < -0.3 is 5.32 Å². The van der Waals surface area contributed by atoms with Crippen molar-refractivity contribution < 1.29 is 0 Å². The molecular formula is C6H10N2S. The molecular weight excluding hydrogens is 132 g/mol. The number of thioether (sulfide) groups is 1. The summed E-state index contributed by atoms with van der Waals surface area (Å²) in [5.74, 6) is 0. The number of hydrogen-bond donors (Lipinski definition) is 1. The zero-order chi connectivity index (χ0) is 7.11. The maximum atomic E-state index is 8.21. The summed E-state index contributed by atoms with van der Waals surface area (Å²) in [4.78, 5) is 0. The van der Waals surface area contributed by atoms with Crippen LogP contribution in [0.5, 0.6) is 0 Å². The average molecular weight is 142 g/mol. The molecule has 9 heavy (non-hydrogen) atoms. The first-order valence-corrected chi connectivity index (χ1v) is 3.95.